The van der Waals surface area contributed by atoms with Crippen molar-refractivity contribution in [3.8, 4) is 0 Å². The molecule has 1 aliphatic carbocycles. The molecule has 2 aliphatic rings. The summed E-state index contributed by atoms with van der Waals surface area (Å²) in [6, 6.07) is 0. The van der Waals surface area contributed by atoms with Gasteiger partial charge in [-0.2, -0.15) is 0 Å². The molecule has 15 heavy (non-hydrogen) atoms. The van der Waals surface area contributed by atoms with Gasteiger partial charge >= 0.3 is 0 Å². The minimum Gasteiger partial charge on any atom is -0.303 e. The first-order valence-electron chi connectivity index (χ1n) is 6.00. The summed E-state index contributed by atoms with van der Waals surface area (Å²) in [5.74, 6) is 0. The summed E-state index contributed by atoms with van der Waals surface area (Å²) in [5.41, 5.74) is 1.80. The molecule has 0 bridgehead atoms. The lowest BCUT2D eigenvalue weighted by Gasteiger charge is -2.35. The second-order valence-corrected chi connectivity index (χ2v) is 5.17. The number of allylic oxidation sites excluding steroid dienone is 3. The number of hydrogen-bond donors (Lipinski definition) is 1. The first kappa shape index (κ1) is 10.9. The second kappa shape index (κ2) is 4.50. The Labute approximate surface area is 93.0 Å². The molecule has 1 heterocycles. The van der Waals surface area contributed by atoms with E-state index in [2.05, 4.69) is 42.3 Å². The molecule has 0 spiro atoms. The predicted molar refractivity (Wildman–Crippen MR) is 64.7 cm³/mol. The Bertz CT molecular complexity index is 270. The quantitative estimate of drug-likeness (QED) is 0.762. The highest BCUT2D eigenvalue weighted by molar-refractivity contribution is 5.24. The van der Waals surface area contributed by atoms with Crippen LogP contribution in [0.2, 0.25) is 0 Å². The molecule has 1 fully saturated rings. The monoisotopic (exact) mass is 206 g/mol. The van der Waals surface area contributed by atoms with Crippen molar-refractivity contribution in [2.45, 2.75) is 38.6 Å². The van der Waals surface area contributed by atoms with Gasteiger partial charge in [-0.05, 0) is 33.1 Å². The van der Waals surface area contributed by atoms with Gasteiger partial charge in [0.05, 0.1) is 0 Å². The highest BCUT2D eigenvalue weighted by atomic mass is 15.3. The zero-order valence-corrected chi connectivity index (χ0v) is 9.92. The van der Waals surface area contributed by atoms with Gasteiger partial charge in [-0.25, -0.2) is 0 Å². The van der Waals surface area contributed by atoms with E-state index >= 15 is 0 Å². The van der Waals surface area contributed by atoms with Crippen LogP contribution in [0.4, 0.5) is 0 Å². The molecule has 0 amide bonds. The Morgan fingerprint density at radius 3 is 2.87 bits per heavy atom. The van der Waals surface area contributed by atoms with Gasteiger partial charge in [-0.15, -0.1) is 0 Å². The summed E-state index contributed by atoms with van der Waals surface area (Å²) in [7, 11) is 0. The molecule has 0 aromatic rings. The molecule has 0 aromatic heterocycles. The van der Waals surface area contributed by atoms with Crippen LogP contribution in [0.3, 0.4) is 0 Å². The smallest absolute Gasteiger partial charge is 0.0486 e. The summed E-state index contributed by atoms with van der Waals surface area (Å²) in [5, 5.41) is 3.40. The SMILES string of the molecule is CC(C)(CC1=CCCC=C1)N1CCNC1. The van der Waals surface area contributed by atoms with Gasteiger partial charge in [0.15, 0.2) is 0 Å². The highest BCUT2D eigenvalue weighted by Crippen LogP contribution is 2.26. The van der Waals surface area contributed by atoms with Gasteiger partial charge in [-0.1, -0.05) is 23.8 Å². The lowest BCUT2D eigenvalue weighted by atomic mass is 9.90. The van der Waals surface area contributed by atoms with Crippen molar-refractivity contribution in [3.05, 3.63) is 23.8 Å². The third-order valence-electron chi connectivity index (χ3n) is 3.43. The normalized spacial score (nSPS) is 23.2. The fourth-order valence-electron chi connectivity index (χ4n) is 2.43. The van der Waals surface area contributed by atoms with E-state index in [1.54, 1.807) is 0 Å². The van der Waals surface area contributed by atoms with Crippen molar-refractivity contribution in [1.82, 2.24) is 10.2 Å². The summed E-state index contributed by atoms with van der Waals surface area (Å²) in [4.78, 5) is 2.54. The van der Waals surface area contributed by atoms with Crippen LogP contribution in [0.15, 0.2) is 23.8 Å². The van der Waals surface area contributed by atoms with E-state index in [0.717, 1.165) is 13.2 Å². The largest absolute Gasteiger partial charge is 0.303 e. The van der Waals surface area contributed by atoms with Crippen LogP contribution in [0, 0.1) is 0 Å². The van der Waals surface area contributed by atoms with E-state index in [4.69, 9.17) is 0 Å². The highest BCUT2D eigenvalue weighted by Gasteiger charge is 2.29. The van der Waals surface area contributed by atoms with Crippen molar-refractivity contribution < 1.29 is 0 Å². The van der Waals surface area contributed by atoms with Gasteiger partial charge in [-0.3, -0.25) is 4.90 Å². The fourth-order valence-corrected chi connectivity index (χ4v) is 2.43. The maximum atomic E-state index is 3.40. The molecule has 2 heteroatoms. The van der Waals surface area contributed by atoms with E-state index in [1.807, 2.05) is 0 Å². The van der Waals surface area contributed by atoms with Crippen LogP contribution in [-0.4, -0.2) is 30.2 Å². The fraction of sp³-hybridized carbons (Fsp3) is 0.692. The van der Waals surface area contributed by atoms with E-state index < -0.39 is 0 Å². The van der Waals surface area contributed by atoms with E-state index in [-0.39, 0.29) is 5.54 Å². The van der Waals surface area contributed by atoms with E-state index in [0.29, 0.717) is 0 Å². The Kier molecular flexibility index (Phi) is 3.27. The topological polar surface area (TPSA) is 15.3 Å². The van der Waals surface area contributed by atoms with E-state index in [9.17, 15) is 0 Å². The first-order chi connectivity index (χ1) is 7.18. The number of rotatable bonds is 3. The molecule has 1 N–H and O–H groups in total. The summed E-state index contributed by atoms with van der Waals surface area (Å²) in [6.07, 6.45) is 10.6. The molecule has 0 saturated carbocycles. The van der Waals surface area contributed by atoms with Crippen LogP contribution >= 0.6 is 0 Å². The Morgan fingerprint density at radius 2 is 2.27 bits per heavy atom. The second-order valence-electron chi connectivity index (χ2n) is 5.17. The van der Waals surface area contributed by atoms with Crippen LogP contribution < -0.4 is 5.32 Å². The first-order valence-corrected chi connectivity index (χ1v) is 6.00. The van der Waals surface area contributed by atoms with Crippen molar-refractivity contribution in [2.24, 2.45) is 0 Å². The lowest BCUT2D eigenvalue weighted by molar-refractivity contribution is 0.153. The number of nitrogens with one attached hydrogen (secondary N) is 1. The number of hydrogen-bond acceptors (Lipinski definition) is 2. The zero-order chi connectivity index (χ0) is 10.7. The van der Waals surface area contributed by atoms with Crippen molar-refractivity contribution in [1.29, 1.82) is 0 Å². The minimum absolute atomic E-state index is 0.289. The van der Waals surface area contributed by atoms with Crippen molar-refractivity contribution in [2.75, 3.05) is 19.8 Å². The molecule has 0 atom stereocenters. The van der Waals surface area contributed by atoms with Crippen LogP contribution in [-0.2, 0) is 0 Å². The molecular formula is C13H22N2. The van der Waals surface area contributed by atoms with Crippen LogP contribution in [0.1, 0.15) is 33.1 Å². The third kappa shape index (κ3) is 2.70. The molecule has 0 unspecified atom stereocenters. The molecule has 2 nitrogen and oxygen atoms in total. The van der Waals surface area contributed by atoms with Gasteiger partial charge in [0.2, 0.25) is 0 Å². The summed E-state index contributed by atoms with van der Waals surface area (Å²) in [6.45, 7) is 8.07. The summed E-state index contributed by atoms with van der Waals surface area (Å²) < 4.78 is 0. The van der Waals surface area contributed by atoms with Gasteiger partial charge in [0.25, 0.3) is 0 Å². The molecule has 1 aliphatic heterocycles. The Hall–Kier alpha value is -0.600. The van der Waals surface area contributed by atoms with Crippen molar-refractivity contribution in [3.63, 3.8) is 0 Å². The molecule has 0 radical (unpaired) electrons. The minimum atomic E-state index is 0.289. The average Bonchev–Trinajstić information content (AvgIpc) is 2.71. The number of nitrogens with zero attached hydrogens (tertiary/aromatic N) is 1. The van der Waals surface area contributed by atoms with Crippen LogP contribution in [0.25, 0.3) is 0 Å². The van der Waals surface area contributed by atoms with Crippen LogP contribution in [0.5, 0.6) is 0 Å². The lowest BCUT2D eigenvalue weighted by Crippen LogP contribution is -2.43. The molecule has 84 valence electrons. The third-order valence-corrected chi connectivity index (χ3v) is 3.43. The Morgan fingerprint density at radius 1 is 1.40 bits per heavy atom. The van der Waals surface area contributed by atoms with Gasteiger partial charge in [0, 0.05) is 25.3 Å². The standard InChI is InChI=1S/C13H22N2/c1-13(2,15-9-8-14-11-15)10-12-6-4-3-5-7-12/h4,6-7,14H,3,5,8-11H2,1-2H3. The molecule has 2 rings (SSSR count). The van der Waals surface area contributed by atoms with E-state index in [1.165, 1.54) is 31.4 Å². The Balaban J connectivity index is 1.96. The maximum Gasteiger partial charge on any atom is 0.0486 e. The maximum absolute atomic E-state index is 3.40. The molecule has 0 aromatic carbocycles. The molecular weight excluding hydrogens is 184 g/mol. The average molecular weight is 206 g/mol. The molecule has 1 saturated heterocycles. The van der Waals surface area contributed by atoms with Crippen molar-refractivity contribution >= 4 is 0 Å². The van der Waals surface area contributed by atoms with Gasteiger partial charge in [0.1, 0.15) is 0 Å². The summed E-state index contributed by atoms with van der Waals surface area (Å²) >= 11 is 0. The zero-order valence-electron chi connectivity index (χ0n) is 9.92. The predicted octanol–water partition coefficient (Wildman–Crippen LogP) is 2.29. The van der Waals surface area contributed by atoms with Gasteiger partial charge < -0.3 is 5.32 Å².